The molecule has 2 N–H and O–H groups in total. The van der Waals surface area contributed by atoms with Crippen LogP contribution in [0.5, 0.6) is 5.75 Å². The third-order valence-electron chi connectivity index (χ3n) is 4.48. The zero-order valence-corrected chi connectivity index (χ0v) is 17.5. The van der Waals surface area contributed by atoms with Crippen LogP contribution in [-0.2, 0) is 17.9 Å². The van der Waals surface area contributed by atoms with E-state index in [2.05, 4.69) is 15.6 Å². The SMILES string of the molecule is CN(Cc1ccccc1)C(=O)NCCC(=O)Nc1cccc(OCc2cccnc2)c1. The van der Waals surface area contributed by atoms with Crippen molar-refractivity contribution in [1.29, 1.82) is 0 Å². The molecular formula is C24H26N4O3. The number of rotatable bonds is 9. The fourth-order valence-corrected chi connectivity index (χ4v) is 2.88. The van der Waals surface area contributed by atoms with Crippen LogP contribution in [0, 0.1) is 0 Å². The second-order valence-corrected chi connectivity index (χ2v) is 7.05. The smallest absolute Gasteiger partial charge is 0.317 e. The van der Waals surface area contributed by atoms with Crippen molar-refractivity contribution in [2.45, 2.75) is 19.6 Å². The second kappa shape index (κ2) is 11.3. The van der Waals surface area contributed by atoms with Crippen molar-refractivity contribution in [2.75, 3.05) is 18.9 Å². The van der Waals surface area contributed by atoms with E-state index in [1.165, 1.54) is 0 Å². The first-order valence-electron chi connectivity index (χ1n) is 10.0. The van der Waals surface area contributed by atoms with Gasteiger partial charge in [0.15, 0.2) is 0 Å². The number of hydrogen-bond donors (Lipinski definition) is 2. The molecule has 0 saturated carbocycles. The van der Waals surface area contributed by atoms with Gasteiger partial charge in [0.25, 0.3) is 0 Å². The number of nitrogens with zero attached hydrogens (tertiary/aromatic N) is 2. The number of hydrogen-bond acceptors (Lipinski definition) is 4. The maximum atomic E-state index is 12.2. The molecule has 0 aliphatic carbocycles. The first kappa shape index (κ1) is 21.8. The average Bonchev–Trinajstić information content (AvgIpc) is 2.79. The highest BCUT2D eigenvalue weighted by Crippen LogP contribution is 2.18. The van der Waals surface area contributed by atoms with Crippen molar-refractivity contribution in [3.8, 4) is 5.75 Å². The summed E-state index contributed by atoms with van der Waals surface area (Å²) in [5.41, 5.74) is 2.65. The van der Waals surface area contributed by atoms with E-state index in [1.807, 2.05) is 54.6 Å². The lowest BCUT2D eigenvalue weighted by Gasteiger charge is -2.18. The summed E-state index contributed by atoms with van der Waals surface area (Å²) in [7, 11) is 1.72. The van der Waals surface area contributed by atoms with Gasteiger partial charge in [-0.05, 0) is 23.8 Å². The van der Waals surface area contributed by atoms with Gasteiger partial charge in [0.2, 0.25) is 5.91 Å². The number of amides is 3. The predicted molar refractivity (Wildman–Crippen MR) is 120 cm³/mol. The Morgan fingerprint density at radius 2 is 1.81 bits per heavy atom. The standard InChI is InChI=1S/C24H26N4O3/c1-28(17-19-7-3-2-4-8-19)24(30)26-14-12-23(29)27-21-10-5-11-22(15-21)31-18-20-9-6-13-25-16-20/h2-11,13,15-16H,12,14,17-18H2,1H3,(H,26,30)(H,27,29). The number of pyridine rings is 1. The zero-order chi connectivity index (χ0) is 21.9. The predicted octanol–water partition coefficient (Wildman–Crippen LogP) is 3.83. The minimum absolute atomic E-state index is 0.172. The monoisotopic (exact) mass is 418 g/mol. The molecule has 160 valence electrons. The normalized spacial score (nSPS) is 10.2. The summed E-state index contributed by atoms with van der Waals surface area (Å²) in [5, 5.41) is 5.59. The summed E-state index contributed by atoms with van der Waals surface area (Å²) in [4.78, 5) is 30.0. The first-order chi connectivity index (χ1) is 15.1. The summed E-state index contributed by atoms with van der Waals surface area (Å²) in [6.07, 6.45) is 3.63. The van der Waals surface area contributed by atoms with Crippen LogP contribution in [0.4, 0.5) is 10.5 Å². The molecule has 3 amide bonds. The van der Waals surface area contributed by atoms with Gasteiger partial charge in [0, 0.05) is 56.3 Å². The number of anilines is 1. The molecule has 0 aliphatic rings. The van der Waals surface area contributed by atoms with Crippen LogP contribution >= 0.6 is 0 Å². The quantitative estimate of drug-likeness (QED) is 0.553. The lowest BCUT2D eigenvalue weighted by Crippen LogP contribution is -2.38. The third kappa shape index (κ3) is 7.47. The summed E-state index contributed by atoms with van der Waals surface area (Å²) < 4.78 is 5.75. The molecule has 0 fully saturated rings. The lowest BCUT2D eigenvalue weighted by atomic mass is 10.2. The van der Waals surface area contributed by atoms with Crippen molar-refractivity contribution in [3.05, 3.63) is 90.3 Å². The Morgan fingerprint density at radius 3 is 2.58 bits per heavy atom. The second-order valence-electron chi connectivity index (χ2n) is 7.05. The number of ether oxygens (including phenoxy) is 1. The molecule has 0 aliphatic heterocycles. The van der Waals surface area contributed by atoms with Crippen molar-refractivity contribution in [1.82, 2.24) is 15.2 Å². The fraction of sp³-hybridized carbons (Fsp3) is 0.208. The molecule has 2 aromatic carbocycles. The molecule has 7 nitrogen and oxygen atoms in total. The molecule has 1 aromatic heterocycles. The van der Waals surface area contributed by atoms with Crippen LogP contribution in [0.25, 0.3) is 0 Å². The molecule has 0 bridgehead atoms. The maximum Gasteiger partial charge on any atom is 0.317 e. The van der Waals surface area contributed by atoms with E-state index in [4.69, 9.17) is 4.74 Å². The Hall–Kier alpha value is -3.87. The van der Waals surface area contributed by atoms with Gasteiger partial charge in [-0.1, -0.05) is 42.5 Å². The maximum absolute atomic E-state index is 12.2. The highest BCUT2D eigenvalue weighted by Gasteiger charge is 2.10. The Balaban J connectivity index is 1.39. The van der Waals surface area contributed by atoms with Crippen molar-refractivity contribution < 1.29 is 14.3 Å². The topological polar surface area (TPSA) is 83.6 Å². The minimum Gasteiger partial charge on any atom is -0.489 e. The van der Waals surface area contributed by atoms with Gasteiger partial charge in [-0.25, -0.2) is 4.79 Å². The van der Waals surface area contributed by atoms with Gasteiger partial charge in [-0.3, -0.25) is 9.78 Å². The molecule has 0 atom stereocenters. The molecule has 3 rings (SSSR count). The molecule has 0 spiro atoms. The molecular weight excluding hydrogens is 392 g/mol. The molecule has 0 saturated heterocycles. The van der Waals surface area contributed by atoms with Crippen LogP contribution in [0.2, 0.25) is 0 Å². The van der Waals surface area contributed by atoms with E-state index < -0.39 is 0 Å². The number of benzene rings is 2. The van der Waals surface area contributed by atoms with Crippen LogP contribution in [0.1, 0.15) is 17.5 Å². The summed E-state index contributed by atoms with van der Waals surface area (Å²) >= 11 is 0. The minimum atomic E-state index is -0.220. The largest absolute Gasteiger partial charge is 0.489 e. The Kier molecular flexibility index (Phi) is 7.99. The van der Waals surface area contributed by atoms with E-state index in [-0.39, 0.29) is 24.9 Å². The Bertz CT molecular complexity index is 980. The molecule has 0 unspecified atom stereocenters. The van der Waals surface area contributed by atoms with E-state index in [1.54, 1.807) is 36.5 Å². The number of nitrogens with one attached hydrogen (secondary N) is 2. The summed E-state index contributed by atoms with van der Waals surface area (Å²) in [6.45, 7) is 1.15. The highest BCUT2D eigenvalue weighted by molar-refractivity contribution is 5.91. The summed E-state index contributed by atoms with van der Waals surface area (Å²) in [5.74, 6) is 0.466. The van der Waals surface area contributed by atoms with Crippen LogP contribution in [0.3, 0.4) is 0 Å². The number of carbonyl (C=O) groups excluding carboxylic acids is 2. The van der Waals surface area contributed by atoms with E-state index in [0.717, 1.165) is 11.1 Å². The van der Waals surface area contributed by atoms with E-state index in [0.29, 0.717) is 24.6 Å². The highest BCUT2D eigenvalue weighted by atomic mass is 16.5. The van der Waals surface area contributed by atoms with Gasteiger partial charge in [-0.2, -0.15) is 0 Å². The van der Waals surface area contributed by atoms with Gasteiger partial charge in [0.1, 0.15) is 12.4 Å². The zero-order valence-electron chi connectivity index (χ0n) is 17.5. The van der Waals surface area contributed by atoms with Crippen molar-refractivity contribution >= 4 is 17.6 Å². The number of carbonyl (C=O) groups is 2. The molecule has 31 heavy (non-hydrogen) atoms. The lowest BCUT2D eigenvalue weighted by molar-refractivity contribution is -0.116. The Morgan fingerprint density at radius 1 is 1.00 bits per heavy atom. The van der Waals surface area contributed by atoms with E-state index >= 15 is 0 Å². The molecule has 0 radical (unpaired) electrons. The molecule has 3 aromatic rings. The van der Waals surface area contributed by atoms with Gasteiger partial charge in [0.05, 0.1) is 0 Å². The van der Waals surface area contributed by atoms with Crippen molar-refractivity contribution in [2.24, 2.45) is 0 Å². The molecule has 7 heteroatoms. The fourth-order valence-electron chi connectivity index (χ4n) is 2.88. The Labute approximate surface area is 182 Å². The van der Waals surface area contributed by atoms with E-state index in [9.17, 15) is 9.59 Å². The van der Waals surface area contributed by atoms with Gasteiger partial charge < -0.3 is 20.3 Å². The average molecular weight is 418 g/mol. The third-order valence-corrected chi connectivity index (χ3v) is 4.48. The van der Waals surface area contributed by atoms with Crippen molar-refractivity contribution in [3.63, 3.8) is 0 Å². The first-order valence-corrected chi connectivity index (χ1v) is 10.0. The van der Waals surface area contributed by atoms with Crippen LogP contribution in [-0.4, -0.2) is 35.4 Å². The van der Waals surface area contributed by atoms with Crippen LogP contribution in [0.15, 0.2) is 79.1 Å². The number of urea groups is 1. The summed E-state index contributed by atoms with van der Waals surface area (Å²) in [6, 6.07) is 20.5. The van der Waals surface area contributed by atoms with Gasteiger partial charge >= 0.3 is 6.03 Å². The van der Waals surface area contributed by atoms with Crippen LogP contribution < -0.4 is 15.4 Å². The molecule has 1 heterocycles. The van der Waals surface area contributed by atoms with Gasteiger partial charge in [-0.15, -0.1) is 0 Å². The number of aromatic nitrogens is 1.